The van der Waals surface area contributed by atoms with Gasteiger partial charge in [0.15, 0.2) is 4.80 Å². The van der Waals surface area contributed by atoms with Crippen LogP contribution in [0.5, 0.6) is 5.75 Å². The SMILES string of the molecule is CCOC(=O)C1=C(C)N=c2s/c(=C\c3cc(Br)cc(I)c3OCc3cccc4ccccc34)c(=O)n2[C@@H]1c1cccs1. The Kier molecular flexibility index (Phi) is 8.49. The van der Waals surface area contributed by atoms with Gasteiger partial charge in [-0.25, -0.2) is 9.79 Å². The third-order valence-electron chi connectivity index (χ3n) is 6.91. The van der Waals surface area contributed by atoms with E-state index in [1.807, 2.05) is 53.9 Å². The van der Waals surface area contributed by atoms with Gasteiger partial charge in [-0.2, -0.15) is 0 Å². The lowest BCUT2D eigenvalue weighted by molar-refractivity contribution is -0.139. The van der Waals surface area contributed by atoms with Crippen LogP contribution >= 0.6 is 61.2 Å². The van der Waals surface area contributed by atoms with E-state index >= 15 is 0 Å². The molecule has 10 heteroatoms. The van der Waals surface area contributed by atoms with Gasteiger partial charge in [-0.15, -0.1) is 11.3 Å². The third kappa shape index (κ3) is 5.52. The zero-order valence-electron chi connectivity index (χ0n) is 22.6. The highest BCUT2D eigenvalue weighted by atomic mass is 127. The first kappa shape index (κ1) is 29.0. The summed E-state index contributed by atoms with van der Waals surface area (Å²) in [7, 11) is 0. The molecule has 0 saturated heterocycles. The maximum atomic E-state index is 14.0. The van der Waals surface area contributed by atoms with Crippen molar-refractivity contribution in [3.05, 3.63) is 127 Å². The molecule has 2 aromatic heterocycles. The number of carbonyl (C=O) groups excluding carboxylic acids is 1. The Bertz CT molecular complexity index is 2040. The van der Waals surface area contributed by atoms with Crippen molar-refractivity contribution in [3.63, 3.8) is 0 Å². The molecule has 0 radical (unpaired) electrons. The van der Waals surface area contributed by atoms with E-state index in [9.17, 15) is 9.59 Å². The zero-order valence-corrected chi connectivity index (χ0v) is 28.0. The Balaban J connectivity index is 1.45. The number of allylic oxidation sites excluding steroid dienone is 1. The molecule has 6 nitrogen and oxygen atoms in total. The summed E-state index contributed by atoms with van der Waals surface area (Å²) in [6.45, 7) is 4.17. The molecule has 3 heterocycles. The molecule has 6 rings (SSSR count). The maximum Gasteiger partial charge on any atom is 0.338 e. The van der Waals surface area contributed by atoms with E-state index in [-0.39, 0.29) is 12.2 Å². The second-order valence-corrected chi connectivity index (χ2v) is 13.6. The number of carbonyl (C=O) groups is 1. The third-order valence-corrected chi connectivity index (χ3v) is 10.1. The monoisotopic (exact) mass is 770 g/mol. The van der Waals surface area contributed by atoms with Crippen LogP contribution in [0.15, 0.2) is 97.6 Å². The number of ether oxygens (including phenoxy) is 2. The van der Waals surface area contributed by atoms with Gasteiger partial charge in [0.05, 0.1) is 26.0 Å². The fourth-order valence-electron chi connectivity index (χ4n) is 5.06. The molecule has 1 atom stereocenters. The fraction of sp³-hybridized carbons (Fsp3) is 0.156. The van der Waals surface area contributed by atoms with Gasteiger partial charge in [-0.05, 0) is 82.4 Å². The van der Waals surface area contributed by atoms with E-state index < -0.39 is 12.0 Å². The van der Waals surface area contributed by atoms with Crippen LogP contribution in [0, 0.1) is 3.57 Å². The van der Waals surface area contributed by atoms with Crippen molar-refractivity contribution in [1.29, 1.82) is 0 Å². The Morgan fingerprint density at radius 1 is 1.14 bits per heavy atom. The number of thiazole rings is 1. The van der Waals surface area contributed by atoms with Crippen molar-refractivity contribution in [2.75, 3.05) is 6.61 Å². The van der Waals surface area contributed by atoms with Gasteiger partial charge in [-0.1, -0.05) is 75.8 Å². The van der Waals surface area contributed by atoms with Crippen molar-refractivity contribution in [2.24, 2.45) is 4.99 Å². The number of aromatic nitrogens is 1. The lowest BCUT2D eigenvalue weighted by atomic mass is 10.0. The second kappa shape index (κ2) is 12.3. The van der Waals surface area contributed by atoms with E-state index in [1.54, 1.807) is 18.4 Å². The summed E-state index contributed by atoms with van der Waals surface area (Å²) in [5, 5.41) is 4.23. The van der Waals surface area contributed by atoms with Gasteiger partial charge in [0.1, 0.15) is 18.4 Å². The summed E-state index contributed by atoms with van der Waals surface area (Å²) in [4.78, 5) is 33.2. The number of benzene rings is 3. The molecular weight excluding hydrogens is 747 g/mol. The van der Waals surface area contributed by atoms with Crippen LogP contribution in [0.3, 0.4) is 0 Å². The minimum atomic E-state index is -0.604. The molecule has 0 bridgehead atoms. The van der Waals surface area contributed by atoms with E-state index in [1.165, 1.54) is 22.7 Å². The van der Waals surface area contributed by atoms with E-state index in [2.05, 4.69) is 67.8 Å². The van der Waals surface area contributed by atoms with Crippen molar-refractivity contribution >= 4 is 84.0 Å². The molecule has 0 N–H and O–H groups in total. The molecule has 1 aliphatic heterocycles. The fourth-order valence-corrected chi connectivity index (χ4v) is 8.62. The molecule has 0 aliphatic carbocycles. The number of fused-ring (bicyclic) bond motifs is 2. The quantitative estimate of drug-likeness (QED) is 0.133. The van der Waals surface area contributed by atoms with Crippen molar-refractivity contribution in [3.8, 4) is 5.75 Å². The number of hydrogen-bond acceptors (Lipinski definition) is 7. The Hall–Kier alpha value is -3.06. The number of esters is 1. The minimum Gasteiger partial charge on any atom is -0.487 e. The molecule has 3 aromatic carbocycles. The molecule has 0 unspecified atom stereocenters. The molecule has 42 heavy (non-hydrogen) atoms. The van der Waals surface area contributed by atoms with Gasteiger partial charge in [0, 0.05) is 14.9 Å². The van der Waals surface area contributed by atoms with Gasteiger partial charge < -0.3 is 9.47 Å². The Morgan fingerprint density at radius 2 is 1.95 bits per heavy atom. The van der Waals surface area contributed by atoms with Gasteiger partial charge in [0.2, 0.25) is 0 Å². The Morgan fingerprint density at radius 3 is 2.74 bits per heavy atom. The van der Waals surface area contributed by atoms with Crippen LogP contribution in [-0.2, 0) is 16.1 Å². The van der Waals surface area contributed by atoms with Crippen LogP contribution in [0.2, 0.25) is 0 Å². The van der Waals surface area contributed by atoms with Crippen LogP contribution < -0.4 is 19.6 Å². The summed E-state index contributed by atoms with van der Waals surface area (Å²) in [6, 6.07) is 21.6. The highest BCUT2D eigenvalue weighted by molar-refractivity contribution is 14.1. The number of hydrogen-bond donors (Lipinski definition) is 0. The van der Waals surface area contributed by atoms with E-state index in [0.717, 1.165) is 34.8 Å². The first-order valence-electron chi connectivity index (χ1n) is 13.2. The number of nitrogens with zero attached hydrogens (tertiary/aromatic N) is 2. The van der Waals surface area contributed by atoms with E-state index in [0.29, 0.717) is 33.0 Å². The predicted molar refractivity (Wildman–Crippen MR) is 180 cm³/mol. The van der Waals surface area contributed by atoms with Crippen LogP contribution in [0.25, 0.3) is 16.8 Å². The first-order valence-corrected chi connectivity index (χ1v) is 16.7. The van der Waals surface area contributed by atoms with Crippen LogP contribution in [0.1, 0.15) is 35.9 Å². The second-order valence-electron chi connectivity index (χ2n) is 9.55. The largest absolute Gasteiger partial charge is 0.487 e. The van der Waals surface area contributed by atoms with Gasteiger partial charge >= 0.3 is 5.97 Å². The lowest BCUT2D eigenvalue weighted by Crippen LogP contribution is -2.39. The molecule has 0 fully saturated rings. The smallest absolute Gasteiger partial charge is 0.338 e. The highest BCUT2D eigenvalue weighted by Crippen LogP contribution is 2.34. The zero-order chi connectivity index (χ0) is 29.4. The average Bonchev–Trinajstić information content (AvgIpc) is 3.60. The molecular formula is C32H24BrIN2O4S2. The molecule has 212 valence electrons. The molecule has 0 amide bonds. The van der Waals surface area contributed by atoms with Crippen molar-refractivity contribution < 1.29 is 14.3 Å². The van der Waals surface area contributed by atoms with Gasteiger partial charge in [-0.3, -0.25) is 9.36 Å². The average molecular weight is 771 g/mol. The highest BCUT2D eigenvalue weighted by Gasteiger charge is 2.34. The van der Waals surface area contributed by atoms with Crippen molar-refractivity contribution in [1.82, 2.24) is 4.57 Å². The summed E-state index contributed by atoms with van der Waals surface area (Å²) in [5.41, 5.74) is 2.56. The number of thiophene rings is 1. The van der Waals surface area contributed by atoms with Crippen molar-refractivity contribution in [2.45, 2.75) is 26.5 Å². The predicted octanol–water partition coefficient (Wildman–Crippen LogP) is 6.96. The molecule has 0 spiro atoms. The number of rotatable bonds is 7. The normalized spacial score (nSPS) is 15.0. The summed E-state index contributed by atoms with van der Waals surface area (Å²) >= 11 is 8.66. The van der Waals surface area contributed by atoms with Crippen LogP contribution in [-0.4, -0.2) is 17.1 Å². The molecule has 1 aliphatic rings. The Labute approximate surface area is 271 Å². The number of halogens is 2. The summed E-state index contributed by atoms with van der Waals surface area (Å²) in [6.07, 6.45) is 1.85. The maximum absolute atomic E-state index is 14.0. The molecule has 5 aromatic rings. The lowest BCUT2D eigenvalue weighted by Gasteiger charge is -2.23. The topological polar surface area (TPSA) is 69.9 Å². The van der Waals surface area contributed by atoms with Crippen LogP contribution in [0.4, 0.5) is 0 Å². The summed E-state index contributed by atoms with van der Waals surface area (Å²) in [5.74, 6) is 0.230. The first-order chi connectivity index (χ1) is 20.4. The minimum absolute atomic E-state index is 0.221. The molecule has 0 saturated carbocycles. The summed E-state index contributed by atoms with van der Waals surface area (Å²) < 4.78 is 15.7. The van der Waals surface area contributed by atoms with E-state index in [4.69, 9.17) is 9.47 Å². The standard InChI is InChI=1S/C32H24BrIN2O4S2/c1-3-39-31(38)27-18(2)35-32-36(28(27)25-12-7-13-41-25)30(37)26(42-32)15-21-14-22(33)16-24(34)29(21)40-17-20-10-6-9-19-8-4-5-11-23(19)20/h4-16,28H,3,17H2,1-2H3/b26-15-/t28-/m1/s1. The van der Waals surface area contributed by atoms with Gasteiger partial charge in [0.25, 0.3) is 5.56 Å².